The average molecular weight is 315 g/mol. The Morgan fingerprint density at radius 2 is 1.95 bits per heavy atom. The molecule has 0 aromatic heterocycles. The van der Waals surface area contributed by atoms with Gasteiger partial charge in [-0.1, -0.05) is 37.0 Å². The fraction of sp³-hybridized carbons (Fsp3) is 0.533. The van der Waals surface area contributed by atoms with Crippen molar-refractivity contribution >= 4 is 34.8 Å². The molecular weight excluding hydrogens is 295 g/mol. The zero-order chi connectivity index (χ0) is 14.9. The standard InChI is InChI=1S/C15H20Cl2N2O/c1-8-3-4-11(5-9(8)2)19-15(20)12-6-10(18)7-13(16)14(12)17/h6-9,11H,3-5,18H2,1-2H3,(H,19,20). The van der Waals surface area contributed by atoms with E-state index in [4.69, 9.17) is 28.9 Å². The maximum atomic E-state index is 12.3. The van der Waals surface area contributed by atoms with Crippen LogP contribution in [0.4, 0.5) is 5.69 Å². The lowest BCUT2D eigenvalue weighted by atomic mass is 9.79. The Morgan fingerprint density at radius 1 is 1.25 bits per heavy atom. The molecule has 1 aliphatic carbocycles. The van der Waals surface area contributed by atoms with E-state index in [-0.39, 0.29) is 17.0 Å². The smallest absolute Gasteiger partial charge is 0.253 e. The highest BCUT2D eigenvalue weighted by Gasteiger charge is 2.26. The molecule has 0 heterocycles. The van der Waals surface area contributed by atoms with Gasteiger partial charge in [-0.3, -0.25) is 4.79 Å². The number of nitrogens with one attached hydrogen (secondary N) is 1. The first kappa shape index (κ1) is 15.5. The summed E-state index contributed by atoms with van der Waals surface area (Å²) in [6, 6.07) is 3.31. The largest absolute Gasteiger partial charge is 0.399 e. The molecule has 3 unspecified atom stereocenters. The number of hydrogen-bond donors (Lipinski definition) is 2. The summed E-state index contributed by atoms with van der Waals surface area (Å²) in [4.78, 5) is 12.3. The van der Waals surface area contributed by atoms with Crippen LogP contribution in [0.15, 0.2) is 12.1 Å². The molecule has 1 amide bonds. The SMILES string of the molecule is CC1CCC(NC(=O)c2cc(N)cc(Cl)c2Cl)CC1C. The summed E-state index contributed by atoms with van der Waals surface area (Å²) in [5, 5.41) is 3.61. The van der Waals surface area contributed by atoms with Gasteiger partial charge in [-0.25, -0.2) is 0 Å². The van der Waals surface area contributed by atoms with E-state index in [1.807, 2.05) is 0 Å². The third-order valence-electron chi connectivity index (χ3n) is 4.23. The number of hydrogen-bond acceptors (Lipinski definition) is 2. The monoisotopic (exact) mass is 314 g/mol. The molecule has 0 radical (unpaired) electrons. The third kappa shape index (κ3) is 3.39. The van der Waals surface area contributed by atoms with Crippen molar-refractivity contribution in [2.75, 3.05) is 5.73 Å². The van der Waals surface area contributed by atoms with Crippen LogP contribution in [0.1, 0.15) is 43.5 Å². The molecule has 0 bridgehead atoms. The minimum absolute atomic E-state index is 0.198. The van der Waals surface area contributed by atoms with Crippen LogP contribution in [-0.4, -0.2) is 11.9 Å². The number of nitrogen functional groups attached to an aromatic ring is 1. The second-order valence-corrected chi connectivity index (χ2v) is 6.59. The van der Waals surface area contributed by atoms with E-state index in [1.54, 1.807) is 12.1 Å². The van der Waals surface area contributed by atoms with Gasteiger partial charge in [-0.15, -0.1) is 0 Å². The van der Waals surface area contributed by atoms with Crippen LogP contribution in [0.2, 0.25) is 10.0 Å². The molecule has 3 nitrogen and oxygen atoms in total. The van der Waals surface area contributed by atoms with Gasteiger partial charge in [-0.05, 0) is 43.2 Å². The molecule has 3 N–H and O–H groups in total. The number of nitrogens with two attached hydrogens (primary N) is 1. The number of carbonyl (C=O) groups is 1. The van der Waals surface area contributed by atoms with Crippen molar-refractivity contribution in [1.29, 1.82) is 0 Å². The van der Waals surface area contributed by atoms with E-state index in [1.165, 1.54) is 0 Å². The first-order valence-electron chi connectivity index (χ1n) is 6.94. The van der Waals surface area contributed by atoms with E-state index in [0.717, 1.165) is 19.3 Å². The molecular formula is C15H20Cl2N2O. The molecule has 5 heteroatoms. The van der Waals surface area contributed by atoms with Gasteiger partial charge >= 0.3 is 0 Å². The molecule has 1 aliphatic rings. The minimum atomic E-state index is -0.198. The predicted octanol–water partition coefficient (Wildman–Crippen LogP) is 4.13. The van der Waals surface area contributed by atoms with Crippen molar-refractivity contribution in [2.45, 2.75) is 39.2 Å². The lowest BCUT2D eigenvalue weighted by Crippen LogP contribution is -2.40. The van der Waals surface area contributed by atoms with Crippen LogP contribution in [-0.2, 0) is 0 Å². The summed E-state index contributed by atoms with van der Waals surface area (Å²) < 4.78 is 0. The quantitative estimate of drug-likeness (QED) is 0.806. The van der Waals surface area contributed by atoms with Crippen molar-refractivity contribution in [2.24, 2.45) is 11.8 Å². The number of halogens is 2. The molecule has 0 aliphatic heterocycles. The van der Waals surface area contributed by atoms with Gasteiger partial charge in [-0.2, -0.15) is 0 Å². The van der Waals surface area contributed by atoms with Crippen LogP contribution in [0.3, 0.4) is 0 Å². The topological polar surface area (TPSA) is 55.1 Å². The Balaban J connectivity index is 2.09. The van der Waals surface area contributed by atoms with Gasteiger partial charge in [0.2, 0.25) is 0 Å². The lowest BCUT2D eigenvalue weighted by molar-refractivity contribution is 0.0911. The first-order chi connectivity index (χ1) is 9.38. The molecule has 20 heavy (non-hydrogen) atoms. The fourth-order valence-electron chi connectivity index (χ4n) is 2.72. The number of carbonyl (C=O) groups excluding carboxylic acids is 1. The fourth-order valence-corrected chi connectivity index (χ4v) is 3.14. The molecule has 0 spiro atoms. The van der Waals surface area contributed by atoms with Gasteiger partial charge in [0.15, 0.2) is 0 Å². The van der Waals surface area contributed by atoms with E-state index >= 15 is 0 Å². The summed E-state index contributed by atoms with van der Waals surface area (Å²) in [6.07, 6.45) is 3.14. The summed E-state index contributed by atoms with van der Waals surface area (Å²) in [7, 11) is 0. The summed E-state index contributed by atoms with van der Waals surface area (Å²) in [5.41, 5.74) is 6.51. The van der Waals surface area contributed by atoms with Gasteiger partial charge in [0, 0.05) is 11.7 Å². The highest BCUT2D eigenvalue weighted by molar-refractivity contribution is 6.44. The molecule has 1 saturated carbocycles. The van der Waals surface area contributed by atoms with Crippen molar-refractivity contribution < 1.29 is 4.79 Å². The van der Waals surface area contributed by atoms with Crippen LogP contribution in [0.25, 0.3) is 0 Å². The van der Waals surface area contributed by atoms with E-state index in [9.17, 15) is 4.79 Å². The van der Waals surface area contributed by atoms with Crippen molar-refractivity contribution in [1.82, 2.24) is 5.32 Å². The van der Waals surface area contributed by atoms with E-state index < -0.39 is 0 Å². The molecule has 110 valence electrons. The van der Waals surface area contributed by atoms with Gasteiger partial charge in [0.1, 0.15) is 0 Å². The van der Waals surface area contributed by atoms with E-state index in [2.05, 4.69) is 19.2 Å². The Morgan fingerprint density at radius 3 is 2.60 bits per heavy atom. The number of rotatable bonds is 2. The average Bonchev–Trinajstić information content (AvgIpc) is 2.38. The molecule has 1 aromatic rings. The van der Waals surface area contributed by atoms with Crippen molar-refractivity contribution in [3.05, 3.63) is 27.7 Å². The third-order valence-corrected chi connectivity index (χ3v) is 5.03. The molecule has 3 atom stereocenters. The van der Waals surface area contributed by atoms with Crippen LogP contribution in [0.5, 0.6) is 0 Å². The number of benzene rings is 1. The van der Waals surface area contributed by atoms with Gasteiger partial charge in [0.25, 0.3) is 5.91 Å². The summed E-state index contributed by atoms with van der Waals surface area (Å²) >= 11 is 12.0. The normalized spacial score (nSPS) is 26.3. The molecule has 0 saturated heterocycles. The first-order valence-corrected chi connectivity index (χ1v) is 7.69. The highest BCUT2D eigenvalue weighted by atomic mass is 35.5. The minimum Gasteiger partial charge on any atom is -0.399 e. The Labute approximate surface area is 129 Å². The Hall–Kier alpha value is -0.930. The Bertz CT molecular complexity index is 519. The summed E-state index contributed by atoms with van der Waals surface area (Å²) in [6.45, 7) is 4.49. The molecule has 1 fully saturated rings. The van der Waals surface area contributed by atoms with Crippen LogP contribution < -0.4 is 11.1 Å². The maximum Gasteiger partial charge on any atom is 0.253 e. The Kier molecular flexibility index (Phi) is 4.82. The second kappa shape index (κ2) is 6.23. The number of amides is 1. The van der Waals surface area contributed by atoms with Gasteiger partial charge < -0.3 is 11.1 Å². The van der Waals surface area contributed by atoms with Crippen LogP contribution in [0, 0.1) is 11.8 Å². The summed E-state index contributed by atoms with van der Waals surface area (Å²) in [5.74, 6) is 1.14. The molecule has 2 rings (SSSR count). The molecule has 1 aromatic carbocycles. The maximum absolute atomic E-state index is 12.3. The predicted molar refractivity (Wildman–Crippen MR) is 84.3 cm³/mol. The van der Waals surface area contributed by atoms with Crippen molar-refractivity contribution in [3.63, 3.8) is 0 Å². The van der Waals surface area contributed by atoms with Crippen LogP contribution >= 0.6 is 23.2 Å². The van der Waals surface area contributed by atoms with Gasteiger partial charge in [0.05, 0.1) is 15.6 Å². The second-order valence-electron chi connectivity index (χ2n) is 5.80. The van der Waals surface area contributed by atoms with E-state index in [0.29, 0.717) is 28.1 Å². The lowest BCUT2D eigenvalue weighted by Gasteiger charge is -2.32. The zero-order valence-electron chi connectivity index (χ0n) is 11.7. The zero-order valence-corrected chi connectivity index (χ0v) is 13.3. The van der Waals surface area contributed by atoms with Crippen molar-refractivity contribution in [3.8, 4) is 0 Å². The number of anilines is 1. The highest BCUT2D eigenvalue weighted by Crippen LogP contribution is 2.31.